The molecule has 0 aliphatic rings. The van der Waals surface area contributed by atoms with Crippen LogP contribution in [-0.4, -0.2) is 27.7 Å². The Kier molecular flexibility index (Phi) is 6.62. The summed E-state index contributed by atoms with van der Waals surface area (Å²) in [5, 5.41) is 4.86. The molecule has 0 unspecified atom stereocenters. The number of nitrogens with zero attached hydrogens (tertiary/aromatic N) is 3. The lowest BCUT2D eigenvalue weighted by atomic mass is 10.2. The average Bonchev–Trinajstić information content (AvgIpc) is 3.35. The van der Waals surface area contributed by atoms with E-state index in [-0.39, 0.29) is 6.61 Å². The van der Waals surface area contributed by atoms with Crippen LogP contribution in [0.25, 0.3) is 21.6 Å². The van der Waals surface area contributed by atoms with E-state index in [2.05, 4.69) is 17.2 Å². The molecule has 166 valence electrons. The molecule has 0 saturated carbocycles. The van der Waals surface area contributed by atoms with E-state index in [1.165, 1.54) is 11.3 Å². The number of ether oxygens (including phenoxy) is 2. The van der Waals surface area contributed by atoms with Crippen molar-refractivity contribution < 1.29 is 14.3 Å². The van der Waals surface area contributed by atoms with Gasteiger partial charge in [-0.1, -0.05) is 42.3 Å². The number of fused-ring (bicyclic) bond motifs is 1. The van der Waals surface area contributed by atoms with Crippen molar-refractivity contribution in [2.75, 3.05) is 12.4 Å². The van der Waals surface area contributed by atoms with Crippen LogP contribution < -0.4 is 10.1 Å². The van der Waals surface area contributed by atoms with Gasteiger partial charge in [-0.05, 0) is 42.3 Å². The van der Waals surface area contributed by atoms with Gasteiger partial charge in [0.2, 0.25) is 0 Å². The lowest BCUT2D eigenvalue weighted by Gasteiger charge is -2.07. The summed E-state index contributed by atoms with van der Waals surface area (Å²) in [6, 6.07) is 11.2. The number of rotatable bonds is 7. The molecule has 4 rings (SSSR count). The Bertz CT molecular complexity index is 1270. The van der Waals surface area contributed by atoms with E-state index in [0.717, 1.165) is 45.7 Å². The van der Waals surface area contributed by atoms with E-state index in [4.69, 9.17) is 26.1 Å². The summed E-state index contributed by atoms with van der Waals surface area (Å²) in [7, 11) is 3.53. The SMILES string of the molecule is CCCc1nc(-c2ccc(Cl)cc2OC)sc1NC(=O)OCc1ccc2c(c1)ncn2C. The van der Waals surface area contributed by atoms with Crippen molar-refractivity contribution in [3.8, 4) is 16.3 Å². The number of aromatic nitrogens is 3. The van der Waals surface area contributed by atoms with Crippen LogP contribution in [0.3, 0.4) is 0 Å². The predicted molar refractivity (Wildman–Crippen MR) is 128 cm³/mol. The lowest BCUT2D eigenvalue weighted by Crippen LogP contribution is -2.13. The number of methoxy groups -OCH3 is 1. The second kappa shape index (κ2) is 9.58. The van der Waals surface area contributed by atoms with Gasteiger partial charge in [-0.2, -0.15) is 0 Å². The van der Waals surface area contributed by atoms with Crippen molar-refractivity contribution in [3.63, 3.8) is 0 Å². The third-order valence-electron chi connectivity index (χ3n) is 4.95. The summed E-state index contributed by atoms with van der Waals surface area (Å²) < 4.78 is 12.8. The fourth-order valence-corrected chi connectivity index (χ4v) is 4.55. The molecule has 0 spiro atoms. The van der Waals surface area contributed by atoms with Gasteiger partial charge in [-0.3, -0.25) is 5.32 Å². The zero-order valence-electron chi connectivity index (χ0n) is 18.0. The van der Waals surface area contributed by atoms with Gasteiger partial charge in [0.1, 0.15) is 22.4 Å². The second-order valence-corrected chi connectivity index (χ2v) is 8.70. The van der Waals surface area contributed by atoms with Crippen LogP contribution in [0.4, 0.5) is 9.80 Å². The number of imidazole rings is 1. The van der Waals surface area contributed by atoms with Crippen LogP contribution in [0.15, 0.2) is 42.7 Å². The molecule has 9 heteroatoms. The summed E-state index contributed by atoms with van der Waals surface area (Å²) in [4.78, 5) is 21.6. The molecule has 2 aromatic carbocycles. The molecule has 1 N–H and O–H groups in total. The highest BCUT2D eigenvalue weighted by molar-refractivity contribution is 7.19. The normalized spacial score (nSPS) is 11.0. The van der Waals surface area contributed by atoms with Crippen LogP contribution in [0.5, 0.6) is 5.75 Å². The van der Waals surface area contributed by atoms with Crippen molar-refractivity contribution in [1.29, 1.82) is 0 Å². The summed E-state index contributed by atoms with van der Waals surface area (Å²) in [5.41, 5.74) is 4.40. The maximum absolute atomic E-state index is 12.5. The van der Waals surface area contributed by atoms with Gasteiger partial charge in [0.25, 0.3) is 0 Å². The predicted octanol–water partition coefficient (Wildman–Crippen LogP) is 6.06. The molecule has 0 bridgehead atoms. The molecular formula is C23H23ClN4O3S. The van der Waals surface area contributed by atoms with E-state index in [0.29, 0.717) is 15.8 Å². The van der Waals surface area contributed by atoms with E-state index >= 15 is 0 Å². The number of anilines is 1. The van der Waals surface area contributed by atoms with E-state index in [9.17, 15) is 4.79 Å². The second-order valence-electron chi connectivity index (χ2n) is 7.27. The minimum atomic E-state index is -0.526. The van der Waals surface area contributed by atoms with Gasteiger partial charge < -0.3 is 14.0 Å². The minimum Gasteiger partial charge on any atom is -0.496 e. The monoisotopic (exact) mass is 470 g/mol. The zero-order chi connectivity index (χ0) is 22.7. The molecule has 0 radical (unpaired) electrons. The molecular weight excluding hydrogens is 448 g/mol. The maximum Gasteiger partial charge on any atom is 0.412 e. The topological polar surface area (TPSA) is 78.3 Å². The highest BCUT2D eigenvalue weighted by Gasteiger charge is 2.18. The fourth-order valence-electron chi connectivity index (χ4n) is 3.36. The first kappa shape index (κ1) is 22.1. The number of amides is 1. The molecule has 4 aromatic rings. The Morgan fingerprint density at radius 1 is 1.25 bits per heavy atom. The van der Waals surface area contributed by atoms with Crippen molar-refractivity contribution >= 4 is 45.1 Å². The van der Waals surface area contributed by atoms with E-state index in [1.54, 1.807) is 25.6 Å². The van der Waals surface area contributed by atoms with Crippen molar-refractivity contribution in [2.24, 2.45) is 7.05 Å². The van der Waals surface area contributed by atoms with Gasteiger partial charge in [0.05, 0.1) is 35.7 Å². The molecule has 0 aliphatic carbocycles. The first-order chi connectivity index (χ1) is 15.5. The van der Waals surface area contributed by atoms with E-state index < -0.39 is 6.09 Å². The van der Waals surface area contributed by atoms with Crippen LogP contribution in [0.1, 0.15) is 24.6 Å². The van der Waals surface area contributed by atoms with Crippen molar-refractivity contribution in [2.45, 2.75) is 26.4 Å². The number of hydrogen-bond donors (Lipinski definition) is 1. The quantitative estimate of drug-likeness (QED) is 0.355. The summed E-state index contributed by atoms with van der Waals surface area (Å²) >= 11 is 7.46. The number of hydrogen-bond acceptors (Lipinski definition) is 6. The Hall–Kier alpha value is -3.10. The van der Waals surface area contributed by atoms with Gasteiger partial charge >= 0.3 is 6.09 Å². The smallest absolute Gasteiger partial charge is 0.412 e. The lowest BCUT2D eigenvalue weighted by molar-refractivity contribution is 0.155. The van der Waals surface area contributed by atoms with Crippen LogP contribution in [0.2, 0.25) is 5.02 Å². The van der Waals surface area contributed by atoms with Crippen molar-refractivity contribution in [3.05, 3.63) is 59.0 Å². The number of carbonyl (C=O) groups is 1. The van der Waals surface area contributed by atoms with Crippen LogP contribution >= 0.6 is 22.9 Å². The van der Waals surface area contributed by atoms with Gasteiger partial charge in [-0.15, -0.1) is 0 Å². The number of halogens is 1. The highest BCUT2D eigenvalue weighted by atomic mass is 35.5. The van der Waals surface area contributed by atoms with E-state index in [1.807, 2.05) is 35.9 Å². The largest absolute Gasteiger partial charge is 0.496 e. The Morgan fingerprint density at radius 3 is 2.88 bits per heavy atom. The van der Waals surface area contributed by atoms with Gasteiger partial charge in [0, 0.05) is 12.1 Å². The average molecular weight is 471 g/mol. The molecule has 2 heterocycles. The van der Waals surface area contributed by atoms with Crippen LogP contribution in [-0.2, 0) is 24.8 Å². The number of thiazole rings is 1. The fraction of sp³-hybridized carbons (Fsp3) is 0.261. The van der Waals surface area contributed by atoms with Gasteiger partial charge in [0.15, 0.2) is 0 Å². The Balaban J connectivity index is 1.49. The first-order valence-electron chi connectivity index (χ1n) is 10.2. The molecule has 0 atom stereocenters. The number of nitrogens with one attached hydrogen (secondary N) is 1. The first-order valence-corrected chi connectivity index (χ1v) is 11.3. The number of benzene rings is 2. The maximum atomic E-state index is 12.5. The molecule has 0 fully saturated rings. The standard InChI is InChI=1S/C23H23ClN4O3S/c1-4-5-17-22(32-21(26-17)16-8-7-15(24)11-20(16)30-3)27-23(29)31-12-14-6-9-19-18(10-14)25-13-28(19)2/h6-11,13H,4-5,12H2,1-3H3,(H,27,29). The van der Waals surface area contributed by atoms with Crippen molar-refractivity contribution in [1.82, 2.24) is 14.5 Å². The minimum absolute atomic E-state index is 0.151. The highest BCUT2D eigenvalue weighted by Crippen LogP contribution is 2.38. The molecule has 2 aromatic heterocycles. The molecule has 7 nitrogen and oxygen atoms in total. The van der Waals surface area contributed by atoms with Crippen LogP contribution in [0, 0.1) is 0 Å². The zero-order valence-corrected chi connectivity index (χ0v) is 19.6. The molecule has 32 heavy (non-hydrogen) atoms. The number of aryl methyl sites for hydroxylation is 2. The Morgan fingerprint density at radius 2 is 2.09 bits per heavy atom. The third kappa shape index (κ3) is 4.71. The summed E-state index contributed by atoms with van der Waals surface area (Å²) in [6.07, 6.45) is 2.86. The van der Waals surface area contributed by atoms with Gasteiger partial charge in [-0.25, -0.2) is 14.8 Å². The molecule has 0 saturated heterocycles. The summed E-state index contributed by atoms with van der Waals surface area (Å²) in [5.74, 6) is 0.633. The Labute approximate surface area is 195 Å². The molecule has 0 aliphatic heterocycles. The summed E-state index contributed by atoms with van der Waals surface area (Å²) in [6.45, 7) is 2.22. The third-order valence-corrected chi connectivity index (χ3v) is 6.23. The number of carbonyl (C=O) groups excluding carboxylic acids is 1. The molecule has 1 amide bonds.